The Morgan fingerprint density at radius 1 is 1.50 bits per heavy atom. The molecule has 2 heterocycles. The van der Waals surface area contributed by atoms with Gasteiger partial charge < -0.3 is 5.73 Å². The summed E-state index contributed by atoms with van der Waals surface area (Å²) in [6, 6.07) is 5.24. The van der Waals surface area contributed by atoms with Crippen molar-refractivity contribution in [2.75, 3.05) is 12.3 Å². The van der Waals surface area contributed by atoms with E-state index in [2.05, 4.69) is 9.98 Å². The van der Waals surface area contributed by atoms with E-state index in [4.69, 9.17) is 11.0 Å². The average molecular weight is 240 g/mol. The Labute approximate surface area is 105 Å². The Hall–Kier alpha value is -2.48. The summed E-state index contributed by atoms with van der Waals surface area (Å²) in [5.74, 6) is -0.345. The summed E-state index contributed by atoms with van der Waals surface area (Å²) in [6.07, 6.45) is 4.28. The highest BCUT2D eigenvalue weighted by Crippen LogP contribution is 2.21. The number of dihydropyridines is 1. The number of carbonyl (C=O) groups is 1. The van der Waals surface area contributed by atoms with E-state index >= 15 is 0 Å². The number of rotatable bonds is 3. The second kappa shape index (κ2) is 5.23. The Morgan fingerprint density at radius 3 is 3.00 bits per heavy atom. The fourth-order valence-electron chi connectivity index (χ4n) is 1.72. The van der Waals surface area contributed by atoms with Gasteiger partial charge in [-0.2, -0.15) is 5.26 Å². The van der Waals surface area contributed by atoms with Gasteiger partial charge in [-0.25, -0.2) is 4.98 Å². The molecular formula is C13H12N4O. The van der Waals surface area contributed by atoms with Crippen LogP contribution in [0.4, 0.5) is 5.69 Å². The zero-order valence-corrected chi connectivity index (χ0v) is 9.76. The van der Waals surface area contributed by atoms with Crippen molar-refractivity contribution in [1.82, 2.24) is 4.98 Å². The molecule has 1 aromatic rings. The van der Waals surface area contributed by atoms with Crippen molar-refractivity contribution in [3.8, 4) is 6.07 Å². The number of aliphatic imine (C=N–C) groups is 1. The summed E-state index contributed by atoms with van der Waals surface area (Å²) in [7, 11) is 0. The predicted molar refractivity (Wildman–Crippen MR) is 69.2 cm³/mol. The highest BCUT2D eigenvalue weighted by Gasteiger charge is 2.14. The molecule has 0 saturated carbocycles. The van der Waals surface area contributed by atoms with Crippen LogP contribution >= 0.6 is 0 Å². The van der Waals surface area contributed by atoms with E-state index in [1.807, 2.05) is 18.4 Å². The first-order valence-corrected chi connectivity index (χ1v) is 5.56. The Morgan fingerprint density at radius 2 is 2.33 bits per heavy atom. The Kier molecular flexibility index (Phi) is 3.49. The van der Waals surface area contributed by atoms with E-state index < -0.39 is 0 Å². The molecule has 0 atom stereocenters. The van der Waals surface area contributed by atoms with Crippen LogP contribution < -0.4 is 5.73 Å². The molecule has 0 spiro atoms. The molecule has 0 aromatic carbocycles. The molecule has 1 aliphatic rings. The number of hydrogen-bond donors (Lipinski definition) is 1. The van der Waals surface area contributed by atoms with Crippen molar-refractivity contribution in [2.24, 2.45) is 4.99 Å². The quantitative estimate of drug-likeness (QED) is 0.812. The van der Waals surface area contributed by atoms with Crippen molar-refractivity contribution in [3.63, 3.8) is 0 Å². The lowest BCUT2D eigenvalue weighted by molar-refractivity contribution is 0.0994. The fourth-order valence-corrected chi connectivity index (χ4v) is 1.72. The van der Waals surface area contributed by atoms with Gasteiger partial charge >= 0.3 is 0 Å². The zero-order valence-electron chi connectivity index (χ0n) is 9.76. The summed E-state index contributed by atoms with van der Waals surface area (Å²) in [5.41, 5.74) is 7.94. The second-order valence-corrected chi connectivity index (χ2v) is 3.87. The van der Waals surface area contributed by atoms with E-state index in [0.717, 1.165) is 11.3 Å². The van der Waals surface area contributed by atoms with Crippen molar-refractivity contribution in [2.45, 2.75) is 12.8 Å². The molecule has 1 aromatic heterocycles. The van der Waals surface area contributed by atoms with Crippen LogP contribution in [-0.2, 0) is 0 Å². The minimum absolute atomic E-state index is 0.178. The van der Waals surface area contributed by atoms with Crippen LogP contribution in [0, 0.1) is 11.3 Å². The maximum atomic E-state index is 11.7. The molecule has 90 valence electrons. The molecular weight excluding hydrogens is 228 g/mol. The van der Waals surface area contributed by atoms with Gasteiger partial charge in [0, 0.05) is 12.6 Å². The molecule has 1 aliphatic heterocycles. The number of pyridine rings is 1. The highest BCUT2D eigenvalue weighted by molar-refractivity contribution is 6.00. The average Bonchev–Trinajstić information content (AvgIpc) is 2.40. The van der Waals surface area contributed by atoms with Gasteiger partial charge in [0.15, 0.2) is 5.78 Å². The van der Waals surface area contributed by atoms with Crippen LogP contribution in [0.25, 0.3) is 5.57 Å². The van der Waals surface area contributed by atoms with Gasteiger partial charge in [-0.05, 0) is 17.7 Å². The minimum Gasteiger partial charge on any atom is -0.397 e. The number of nitrogens with zero attached hydrogens (tertiary/aromatic N) is 3. The van der Waals surface area contributed by atoms with Crippen molar-refractivity contribution >= 4 is 23.3 Å². The van der Waals surface area contributed by atoms with Crippen LogP contribution in [0.5, 0.6) is 0 Å². The standard InChI is InChI=1S/C13H12N4O/c14-6-3-12(18)13-10(15)1-2-11(17-13)9-4-7-16-8-5-9/h1-2,4,8H,3,5,7,15H2. The largest absolute Gasteiger partial charge is 0.397 e. The summed E-state index contributed by atoms with van der Waals surface area (Å²) in [4.78, 5) is 20.0. The van der Waals surface area contributed by atoms with Gasteiger partial charge in [0.1, 0.15) is 12.1 Å². The first kappa shape index (κ1) is 12.0. The number of allylic oxidation sites excluding steroid dienone is 1. The molecule has 0 amide bonds. The lowest BCUT2D eigenvalue weighted by Gasteiger charge is -2.10. The maximum Gasteiger partial charge on any atom is 0.197 e. The molecule has 5 nitrogen and oxygen atoms in total. The van der Waals surface area contributed by atoms with Crippen LogP contribution in [0.3, 0.4) is 0 Å². The number of ketones is 1. The van der Waals surface area contributed by atoms with E-state index in [0.29, 0.717) is 18.7 Å². The summed E-state index contributed by atoms with van der Waals surface area (Å²) >= 11 is 0. The first-order chi connectivity index (χ1) is 8.72. The molecule has 0 bridgehead atoms. The fraction of sp³-hybridized carbons (Fsp3) is 0.231. The van der Waals surface area contributed by atoms with Crippen LogP contribution in [0.1, 0.15) is 29.0 Å². The Bertz CT molecular complexity index is 581. The van der Waals surface area contributed by atoms with Crippen LogP contribution in [-0.4, -0.2) is 23.5 Å². The van der Waals surface area contributed by atoms with Gasteiger partial charge in [0.05, 0.1) is 24.0 Å². The Balaban J connectivity index is 2.35. The van der Waals surface area contributed by atoms with Gasteiger partial charge in [-0.1, -0.05) is 6.08 Å². The lowest BCUT2D eigenvalue weighted by atomic mass is 10.1. The molecule has 5 heteroatoms. The molecule has 0 saturated heterocycles. The summed E-state index contributed by atoms with van der Waals surface area (Å²) < 4.78 is 0. The number of nitrogens with two attached hydrogens (primary N) is 1. The minimum atomic E-state index is -0.345. The van der Waals surface area contributed by atoms with Gasteiger partial charge in [0.2, 0.25) is 0 Å². The van der Waals surface area contributed by atoms with E-state index in [1.165, 1.54) is 0 Å². The number of anilines is 1. The highest BCUT2D eigenvalue weighted by atomic mass is 16.1. The van der Waals surface area contributed by atoms with Crippen molar-refractivity contribution in [1.29, 1.82) is 5.26 Å². The number of nitrogen functional groups attached to an aromatic ring is 1. The van der Waals surface area contributed by atoms with Crippen molar-refractivity contribution < 1.29 is 4.79 Å². The lowest BCUT2D eigenvalue weighted by Crippen LogP contribution is -2.08. The first-order valence-electron chi connectivity index (χ1n) is 5.56. The molecule has 0 unspecified atom stereocenters. The zero-order chi connectivity index (χ0) is 13.0. The third kappa shape index (κ3) is 2.43. The number of Topliss-reactive ketones (excluding diaryl/α,β-unsaturated/α-hetero) is 1. The topological polar surface area (TPSA) is 92.1 Å². The number of hydrogen-bond acceptors (Lipinski definition) is 5. The van der Waals surface area contributed by atoms with Gasteiger partial charge in [-0.3, -0.25) is 9.79 Å². The smallest absolute Gasteiger partial charge is 0.197 e. The molecule has 2 N–H and O–H groups in total. The molecule has 0 aliphatic carbocycles. The van der Waals surface area contributed by atoms with E-state index in [9.17, 15) is 4.79 Å². The molecule has 0 radical (unpaired) electrons. The predicted octanol–water partition coefficient (Wildman–Crippen LogP) is 1.62. The number of aromatic nitrogens is 1. The van der Waals surface area contributed by atoms with Crippen LogP contribution in [0.2, 0.25) is 0 Å². The third-order valence-corrected chi connectivity index (χ3v) is 2.64. The van der Waals surface area contributed by atoms with Crippen molar-refractivity contribution in [3.05, 3.63) is 29.6 Å². The number of nitriles is 1. The number of carbonyl (C=O) groups excluding carboxylic acids is 1. The second-order valence-electron chi connectivity index (χ2n) is 3.87. The monoisotopic (exact) mass is 240 g/mol. The summed E-state index contributed by atoms with van der Waals surface area (Å²) in [5, 5.41) is 8.54. The maximum absolute atomic E-state index is 11.7. The van der Waals surface area contributed by atoms with E-state index in [-0.39, 0.29) is 17.9 Å². The normalized spacial score (nSPS) is 13.8. The van der Waals surface area contributed by atoms with Gasteiger partial charge in [-0.15, -0.1) is 0 Å². The molecule has 18 heavy (non-hydrogen) atoms. The van der Waals surface area contributed by atoms with Crippen LogP contribution in [0.15, 0.2) is 23.2 Å². The SMILES string of the molecule is N#CCC(=O)c1nc(C2=CCN=CC2)ccc1N. The summed E-state index contributed by atoms with van der Waals surface area (Å²) in [6.45, 7) is 0.628. The third-order valence-electron chi connectivity index (χ3n) is 2.64. The van der Waals surface area contributed by atoms with Gasteiger partial charge in [0.25, 0.3) is 0 Å². The molecule has 2 rings (SSSR count). The van der Waals surface area contributed by atoms with E-state index in [1.54, 1.807) is 12.1 Å². The molecule has 0 fully saturated rings.